The maximum Gasteiger partial charge on any atom is 0.331 e. The van der Waals surface area contributed by atoms with E-state index in [1.54, 1.807) is 22.9 Å². The van der Waals surface area contributed by atoms with Crippen molar-refractivity contribution >= 4 is 12.0 Å². The highest BCUT2D eigenvalue weighted by molar-refractivity contribution is 5.87. The van der Waals surface area contributed by atoms with Crippen molar-refractivity contribution < 1.29 is 13.9 Å². The van der Waals surface area contributed by atoms with Crippen LogP contribution in [0.3, 0.4) is 0 Å². The number of carbonyl (C=O) groups excluding carboxylic acids is 1. The van der Waals surface area contributed by atoms with E-state index >= 15 is 0 Å². The average Bonchev–Trinajstić information content (AvgIpc) is 3.36. The quantitative estimate of drug-likeness (QED) is 0.352. The lowest BCUT2D eigenvalue weighted by Crippen LogP contribution is -2.08. The van der Waals surface area contributed by atoms with E-state index in [9.17, 15) is 9.18 Å². The van der Waals surface area contributed by atoms with Gasteiger partial charge in [-0.05, 0) is 66.7 Å². The molecule has 0 saturated carbocycles. The van der Waals surface area contributed by atoms with Crippen molar-refractivity contribution in [2.45, 2.75) is 20.5 Å². The number of ether oxygens (including phenoxy) is 1. The summed E-state index contributed by atoms with van der Waals surface area (Å²) in [6.45, 7) is 3.65. The molecule has 2 heterocycles. The highest BCUT2D eigenvalue weighted by Crippen LogP contribution is 2.19. The van der Waals surface area contributed by atoms with Gasteiger partial charge in [-0.1, -0.05) is 18.2 Å². The molecule has 0 bridgehead atoms. The number of esters is 1. The summed E-state index contributed by atoms with van der Waals surface area (Å²) in [4.78, 5) is 12.2. The Labute approximate surface area is 177 Å². The van der Waals surface area contributed by atoms with Crippen molar-refractivity contribution in [2.75, 3.05) is 0 Å². The zero-order valence-corrected chi connectivity index (χ0v) is 16.9. The van der Waals surface area contributed by atoms with E-state index < -0.39 is 5.97 Å². The number of rotatable bonds is 6. The molecule has 0 N–H and O–H groups in total. The molecule has 0 unspecified atom stereocenters. The van der Waals surface area contributed by atoms with Gasteiger partial charge in [0, 0.05) is 17.3 Å². The van der Waals surface area contributed by atoms with Gasteiger partial charge in [0.2, 0.25) is 0 Å². The van der Waals surface area contributed by atoms with Crippen LogP contribution in [0, 0.1) is 19.7 Å². The molecule has 0 atom stereocenters. The lowest BCUT2D eigenvalue weighted by atomic mass is 10.2. The molecule has 31 heavy (non-hydrogen) atoms. The molecule has 0 saturated heterocycles. The standard InChI is InChI=1S/C22H19FN6O2/c1-15-20(16(2)28(25-15)19-10-8-17(23)9-11-19)12-13-22(30)31-14-21-24-26-27-29(21)18-6-4-3-5-7-18/h3-13H,14H2,1-2H3/b13-12+. The summed E-state index contributed by atoms with van der Waals surface area (Å²) in [5.74, 6) is -0.438. The first-order valence-electron chi connectivity index (χ1n) is 9.52. The smallest absolute Gasteiger partial charge is 0.331 e. The van der Waals surface area contributed by atoms with Crippen molar-refractivity contribution in [1.29, 1.82) is 0 Å². The van der Waals surface area contributed by atoms with Crippen molar-refractivity contribution in [3.63, 3.8) is 0 Å². The summed E-state index contributed by atoms with van der Waals surface area (Å²) in [6.07, 6.45) is 2.99. The third kappa shape index (κ3) is 4.40. The molecular formula is C22H19FN6O2. The number of para-hydroxylation sites is 1. The van der Waals surface area contributed by atoms with Gasteiger partial charge in [-0.25, -0.2) is 13.9 Å². The van der Waals surface area contributed by atoms with E-state index in [1.807, 2.05) is 44.2 Å². The predicted molar refractivity (Wildman–Crippen MR) is 111 cm³/mol. The molecule has 0 aliphatic carbocycles. The molecule has 0 amide bonds. The van der Waals surface area contributed by atoms with Gasteiger partial charge in [0.15, 0.2) is 12.4 Å². The Morgan fingerprint density at radius 3 is 2.48 bits per heavy atom. The molecule has 0 fully saturated rings. The second-order valence-corrected chi connectivity index (χ2v) is 6.76. The van der Waals surface area contributed by atoms with Gasteiger partial charge in [0.1, 0.15) is 5.82 Å². The van der Waals surface area contributed by atoms with Crippen LogP contribution >= 0.6 is 0 Å². The highest BCUT2D eigenvalue weighted by atomic mass is 19.1. The largest absolute Gasteiger partial charge is 0.454 e. The van der Waals surface area contributed by atoms with Gasteiger partial charge in [-0.15, -0.1) is 5.10 Å². The fourth-order valence-corrected chi connectivity index (χ4v) is 3.13. The Balaban J connectivity index is 1.45. The van der Waals surface area contributed by atoms with Crippen LogP contribution in [0.2, 0.25) is 0 Å². The number of nitrogens with zero attached hydrogens (tertiary/aromatic N) is 6. The zero-order chi connectivity index (χ0) is 21.8. The number of tetrazole rings is 1. The Bertz CT molecular complexity index is 1230. The number of halogens is 1. The summed E-state index contributed by atoms with van der Waals surface area (Å²) >= 11 is 0. The predicted octanol–water partition coefficient (Wildman–Crippen LogP) is 3.36. The van der Waals surface area contributed by atoms with Crippen LogP contribution in [0.25, 0.3) is 17.5 Å². The zero-order valence-electron chi connectivity index (χ0n) is 16.9. The van der Waals surface area contributed by atoms with Crippen LogP contribution in [0.1, 0.15) is 22.8 Å². The first-order valence-corrected chi connectivity index (χ1v) is 9.52. The second kappa shape index (κ2) is 8.70. The number of aromatic nitrogens is 6. The van der Waals surface area contributed by atoms with Crippen LogP contribution in [-0.4, -0.2) is 36.0 Å². The van der Waals surface area contributed by atoms with Gasteiger partial charge in [0.05, 0.1) is 17.1 Å². The summed E-state index contributed by atoms with van der Waals surface area (Å²) in [5, 5.41) is 16.0. The van der Waals surface area contributed by atoms with Crippen LogP contribution in [0.4, 0.5) is 4.39 Å². The lowest BCUT2D eigenvalue weighted by molar-refractivity contribution is -0.139. The SMILES string of the molecule is Cc1nn(-c2ccc(F)cc2)c(C)c1/C=C/C(=O)OCc1nnnn1-c1ccccc1. The van der Waals surface area contributed by atoms with Crippen LogP contribution in [0.15, 0.2) is 60.7 Å². The van der Waals surface area contributed by atoms with Gasteiger partial charge in [0.25, 0.3) is 0 Å². The lowest BCUT2D eigenvalue weighted by Gasteiger charge is -2.05. The number of aryl methyl sites for hydroxylation is 1. The third-order valence-electron chi connectivity index (χ3n) is 4.68. The van der Waals surface area contributed by atoms with E-state index in [2.05, 4.69) is 20.6 Å². The number of hydrogen-bond acceptors (Lipinski definition) is 6. The summed E-state index contributed by atoms with van der Waals surface area (Å²) < 4.78 is 21.7. The Morgan fingerprint density at radius 1 is 1.03 bits per heavy atom. The van der Waals surface area contributed by atoms with E-state index in [0.717, 1.165) is 28.3 Å². The fraction of sp³-hybridized carbons (Fsp3) is 0.136. The molecule has 0 aliphatic rings. The molecule has 0 aliphatic heterocycles. The Kier molecular flexibility index (Phi) is 5.65. The summed E-state index contributed by atoms with van der Waals surface area (Å²) in [5.41, 5.74) is 3.85. The minimum Gasteiger partial charge on any atom is -0.454 e. The third-order valence-corrected chi connectivity index (χ3v) is 4.68. The number of carbonyl (C=O) groups is 1. The molecule has 2 aromatic carbocycles. The maximum atomic E-state index is 13.2. The van der Waals surface area contributed by atoms with Crippen molar-refractivity contribution in [1.82, 2.24) is 30.0 Å². The van der Waals surface area contributed by atoms with Crippen LogP contribution in [0.5, 0.6) is 0 Å². The molecule has 0 radical (unpaired) electrons. The van der Waals surface area contributed by atoms with Crippen molar-refractivity contribution in [3.8, 4) is 11.4 Å². The average molecular weight is 418 g/mol. The number of benzene rings is 2. The summed E-state index contributed by atoms with van der Waals surface area (Å²) in [7, 11) is 0. The van der Waals surface area contributed by atoms with Crippen molar-refractivity contribution in [2.24, 2.45) is 0 Å². The van der Waals surface area contributed by atoms with E-state index in [0.29, 0.717) is 5.82 Å². The molecule has 4 rings (SSSR count). The normalized spacial score (nSPS) is 11.2. The maximum absolute atomic E-state index is 13.2. The molecule has 0 spiro atoms. The second-order valence-electron chi connectivity index (χ2n) is 6.76. The molecule has 2 aromatic heterocycles. The highest BCUT2D eigenvalue weighted by Gasteiger charge is 2.13. The van der Waals surface area contributed by atoms with Gasteiger partial charge in [-0.2, -0.15) is 9.78 Å². The molecule has 8 nitrogen and oxygen atoms in total. The Hall–Kier alpha value is -4.14. The molecule has 4 aromatic rings. The van der Waals surface area contributed by atoms with Gasteiger partial charge in [-0.3, -0.25) is 0 Å². The van der Waals surface area contributed by atoms with Crippen LogP contribution in [-0.2, 0) is 16.1 Å². The van der Waals surface area contributed by atoms with Gasteiger partial charge >= 0.3 is 5.97 Å². The first kappa shape index (κ1) is 20.1. The van der Waals surface area contributed by atoms with E-state index in [1.165, 1.54) is 22.9 Å². The summed E-state index contributed by atoms with van der Waals surface area (Å²) in [6, 6.07) is 15.4. The van der Waals surface area contributed by atoms with E-state index in [-0.39, 0.29) is 12.4 Å². The van der Waals surface area contributed by atoms with Crippen molar-refractivity contribution in [3.05, 3.63) is 89.3 Å². The van der Waals surface area contributed by atoms with E-state index in [4.69, 9.17) is 4.74 Å². The minimum absolute atomic E-state index is 0.0716. The Morgan fingerprint density at radius 2 is 1.74 bits per heavy atom. The number of hydrogen-bond donors (Lipinski definition) is 0. The van der Waals surface area contributed by atoms with Crippen LogP contribution < -0.4 is 0 Å². The molecule has 9 heteroatoms. The molecule has 156 valence electrons. The topological polar surface area (TPSA) is 87.7 Å². The monoisotopic (exact) mass is 418 g/mol. The minimum atomic E-state index is -0.532. The first-order chi connectivity index (χ1) is 15.0. The fourth-order valence-electron chi connectivity index (χ4n) is 3.13. The molecular weight excluding hydrogens is 399 g/mol. The van der Waals surface area contributed by atoms with Gasteiger partial charge < -0.3 is 4.74 Å².